The van der Waals surface area contributed by atoms with Crippen molar-refractivity contribution in [3.63, 3.8) is 0 Å². The third-order valence-corrected chi connectivity index (χ3v) is 3.71. The Kier molecular flexibility index (Phi) is 15.5. The number of unbranched alkanes of at least 4 members (excludes halogenated alkanes) is 4. The molecule has 0 spiro atoms. The van der Waals surface area contributed by atoms with Crippen molar-refractivity contribution in [1.82, 2.24) is 0 Å². The first-order valence-electron chi connectivity index (χ1n) is 9.10. The second-order valence-electron chi connectivity index (χ2n) is 6.04. The van der Waals surface area contributed by atoms with Gasteiger partial charge in [-0.25, -0.2) is 0 Å². The van der Waals surface area contributed by atoms with Crippen LogP contribution in [-0.2, 0) is 4.79 Å². The van der Waals surface area contributed by atoms with Gasteiger partial charge in [-0.05, 0) is 44.9 Å². The number of aliphatic carboxylic acids is 1. The zero-order chi connectivity index (χ0) is 18.0. The van der Waals surface area contributed by atoms with E-state index in [1.54, 1.807) is 0 Å². The largest absolute Gasteiger partial charge is 0.481 e. The fourth-order valence-electron chi connectivity index (χ4n) is 2.18. The summed E-state index contributed by atoms with van der Waals surface area (Å²) in [5.41, 5.74) is 0. The van der Waals surface area contributed by atoms with E-state index < -0.39 is 18.2 Å². The molecule has 24 heavy (non-hydrogen) atoms. The Morgan fingerprint density at radius 1 is 0.833 bits per heavy atom. The molecule has 0 amide bonds. The summed E-state index contributed by atoms with van der Waals surface area (Å²) in [5, 5.41) is 28.2. The molecule has 0 aromatic carbocycles. The van der Waals surface area contributed by atoms with Crippen molar-refractivity contribution in [2.75, 3.05) is 0 Å². The van der Waals surface area contributed by atoms with Crippen molar-refractivity contribution in [2.45, 2.75) is 83.3 Å². The fraction of sp³-hybridized carbons (Fsp3) is 0.650. The van der Waals surface area contributed by atoms with Gasteiger partial charge in [0.2, 0.25) is 0 Å². The minimum atomic E-state index is -0.758. The molecular formula is C20H34O4. The number of hydrogen-bond acceptors (Lipinski definition) is 3. The Hall–Kier alpha value is -1.39. The van der Waals surface area contributed by atoms with E-state index in [0.717, 1.165) is 19.3 Å². The van der Waals surface area contributed by atoms with E-state index in [0.29, 0.717) is 19.3 Å². The molecule has 0 heterocycles. The van der Waals surface area contributed by atoms with E-state index in [1.165, 1.54) is 19.3 Å². The molecule has 0 aliphatic heterocycles. The van der Waals surface area contributed by atoms with Crippen molar-refractivity contribution in [1.29, 1.82) is 0 Å². The predicted octanol–water partition coefficient (Wildman–Crippen LogP) is 4.38. The fourth-order valence-corrected chi connectivity index (χ4v) is 2.18. The molecule has 0 aromatic heterocycles. The van der Waals surface area contributed by atoms with Gasteiger partial charge < -0.3 is 15.3 Å². The van der Waals surface area contributed by atoms with Crippen LogP contribution in [0.5, 0.6) is 0 Å². The maximum absolute atomic E-state index is 10.3. The molecule has 0 aromatic rings. The first kappa shape index (κ1) is 22.6. The number of hydrogen-bond donors (Lipinski definition) is 3. The second-order valence-corrected chi connectivity index (χ2v) is 6.04. The molecule has 0 aliphatic carbocycles. The summed E-state index contributed by atoms with van der Waals surface area (Å²) < 4.78 is 0. The highest BCUT2D eigenvalue weighted by atomic mass is 16.4. The molecule has 0 aliphatic rings. The lowest BCUT2D eigenvalue weighted by atomic mass is 10.1. The van der Waals surface area contributed by atoms with Crippen LogP contribution in [0.1, 0.15) is 71.1 Å². The van der Waals surface area contributed by atoms with Gasteiger partial charge in [0.05, 0.1) is 12.2 Å². The van der Waals surface area contributed by atoms with Gasteiger partial charge in [0.1, 0.15) is 0 Å². The van der Waals surface area contributed by atoms with Gasteiger partial charge in [0.25, 0.3) is 0 Å². The Bertz CT molecular complexity index is 385. The van der Waals surface area contributed by atoms with Crippen LogP contribution >= 0.6 is 0 Å². The van der Waals surface area contributed by atoms with Crippen molar-refractivity contribution in [3.05, 3.63) is 36.5 Å². The minimum Gasteiger partial charge on any atom is -0.481 e. The normalized spacial score (nSPS) is 14.8. The van der Waals surface area contributed by atoms with E-state index in [-0.39, 0.29) is 6.42 Å². The Morgan fingerprint density at radius 3 is 2.00 bits per heavy atom. The summed E-state index contributed by atoms with van der Waals surface area (Å²) in [5.74, 6) is -0.758. The lowest BCUT2D eigenvalue weighted by Crippen LogP contribution is -2.24. The predicted molar refractivity (Wildman–Crippen MR) is 98.9 cm³/mol. The molecule has 0 bridgehead atoms. The van der Waals surface area contributed by atoms with Crippen molar-refractivity contribution >= 4 is 5.97 Å². The van der Waals surface area contributed by atoms with Crippen LogP contribution in [0.4, 0.5) is 0 Å². The van der Waals surface area contributed by atoms with Crippen molar-refractivity contribution in [3.8, 4) is 0 Å². The van der Waals surface area contributed by atoms with E-state index in [4.69, 9.17) is 5.11 Å². The molecule has 3 N–H and O–H groups in total. The smallest absolute Gasteiger partial charge is 0.303 e. The van der Waals surface area contributed by atoms with Gasteiger partial charge in [-0.3, -0.25) is 4.79 Å². The molecule has 4 nitrogen and oxygen atoms in total. The molecule has 0 saturated carbocycles. The number of aliphatic hydroxyl groups is 2. The molecular weight excluding hydrogens is 304 g/mol. The van der Waals surface area contributed by atoms with E-state index >= 15 is 0 Å². The van der Waals surface area contributed by atoms with Crippen LogP contribution in [0, 0.1) is 0 Å². The van der Waals surface area contributed by atoms with Crippen LogP contribution in [0.3, 0.4) is 0 Å². The van der Waals surface area contributed by atoms with E-state index in [9.17, 15) is 15.0 Å². The Labute approximate surface area is 146 Å². The first-order valence-corrected chi connectivity index (χ1v) is 9.10. The summed E-state index contributed by atoms with van der Waals surface area (Å²) in [6.07, 6.45) is 18.3. The maximum atomic E-state index is 10.3. The summed E-state index contributed by atoms with van der Waals surface area (Å²) in [7, 11) is 0. The van der Waals surface area contributed by atoms with Gasteiger partial charge >= 0.3 is 5.97 Å². The van der Waals surface area contributed by atoms with Gasteiger partial charge in [0.15, 0.2) is 0 Å². The molecule has 2 atom stereocenters. The summed E-state index contributed by atoms with van der Waals surface area (Å²) in [6.45, 7) is 2.17. The SMILES string of the molecule is CCCCC/C=C\C[C@H](O)[C@H](O)C/C=C\C/C=C\CCCC(=O)O. The van der Waals surface area contributed by atoms with Crippen LogP contribution < -0.4 is 0 Å². The van der Waals surface area contributed by atoms with Crippen molar-refractivity contribution < 1.29 is 20.1 Å². The zero-order valence-corrected chi connectivity index (χ0v) is 14.9. The number of carboxylic acids is 1. The number of rotatable bonds is 15. The topological polar surface area (TPSA) is 77.8 Å². The second kappa shape index (κ2) is 16.5. The standard InChI is InChI=1S/C20H34O4/c1-2-3-4-5-9-12-15-18(21)19(22)16-13-10-7-6-8-11-14-17-20(23)24/h6,8-10,12-13,18-19,21-22H,2-5,7,11,14-17H2,1H3,(H,23,24)/b8-6-,12-9-,13-10-/t18-,19+/m0/s1. The third kappa shape index (κ3) is 15.5. The van der Waals surface area contributed by atoms with Crippen LogP contribution in [0.15, 0.2) is 36.5 Å². The number of allylic oxidation sites excluding steroid dienone is 4. The summed E-state index contributed by atoms with van der Waals surface area (Å²) in [4.78, 5) is 10.3. The number of carbonyl (C=O) groups is 1. The van der Waals surface area contributed by atoms with Gasteiger partial charge in [-0.15, -0.1) is 0 Å². The first-order chi connectivity index (χ1) is 11.6. The average molecular weight is 338 g/mol. The molecule has 0 saturated heterocycles. The number of carboxylic acid groups (broad SMARTS) is 1. The van der Waals surface area contributed by atoms with Crippen LogP contribution in [0.25, 0.3) is 0 Å². The zero-order valence-electron chi connectivity index (χ0n) is 14.9. The summed E-state index contributed by atoms with van der Waals surface area (Å²) in [6, 6.07) is 0. The molecule has 0 rings (SSSR count). The van der Waals surface area contributed by atoms with E-state index in [2.05, 4.69) is 13.0 Å². The molecule has 0 radical (unpaired) electrons. The molecule has 4 heteroatoms. The lowest BCUT2D eigenvalue weighted by molar-refractivity contribution is -0.137. The third-order valence-electron chi connectivity index (χ3n) is 3.71. The summed E-state index contributed by atoms with van der Waals surface area (Å²) >= 11 is 0. The quantitative estimate of drug-likeness (QED) is 0.306. The lowest BCUT2D eigenvalue weighted by Gasteiger charge is -2.14. The Morgan fingerprint density at radius 2 is 1.38 bits per heavy atom. The van der Waals surface area contributed by atoms with Gasteiger partial charge in [-0.1, -0.05) is 56.2 Å². The minimum absolute atomic E-state index is 0.206. The highest BCUT2D eigenvalue weighted by molar-refractivity contribution is 5.66. The van der Waals surface area contributed by atoms with Gasteiger partial charge in [0, 0.05) is 6.42 Å². The molecule has 0 fully saturated rings. The average Bonchev–Trinajstić information content (AvgIpc) is 2.55. The van der Waals surface area contributed by atoms with Crippen molar-refractivity contribution in [2.24, 2.45) is 0 Å². The maximum Gasteiger partial charge on any atom is 0.303 e. The highest BCUT2D eigenvalue weighted by Gasteiger charge is 2.12. The van der Waals surface area contributed by atoms with Crippen LogP contribution in [-0.4, -0.2) is 33.5 Å². The molecule has 0 unspecified atom stereocenters. The Balaban J connectivity index is 3.69. The highest BCUT2D eigenvalue weighted by Crippen LogP contribution is 2.07. The van der Waals surface area contributed by atoms with E-state index in [1.807, 2.05) is 30.4 Å². The van der Waals surface area contributed by atoms with Gasteiger partial charge in [-0.2, -0.15) is 0 Å². The van der Waals surface area contributed by atoms with Crippen LogP contribution in [0.2, 0.25) is 0 Å². The number of aliphatic hydroxyl groups excluding tert-OH is 2. The monoisotopic (exact) mass is 338 g/mol. The molecule has 138 valence electrons.